The number of benzene rings is 2. The number of rotatable bonds is 7. The summed E-state index contributed by atoms with van der Waals surface area (Å²) in [5, 5.41) is 2.02. The molecular formula is C25H28N2O3S. The molecule has 1 aliphatic rings. The Morgan fingerprint density at radius 3 is 2.58 bits per heavy atom. The topological polar surface area (TPSA) is 42.0 Å². The van der Waals surface area contributed by atoms with E-state index in [1.165, 1.54) is 16.9 Å². The first-order valence-electron chi connectivity index (χ1n) is 10.5. The summed E-state index contributed by atoms with van der Waals surface area (Å²) < 4.78 is 11.2. The number of amides is 1. The van der Waals surface area contributed by atoms with E-state index in [0.717, 1.165) is 60.2 Å². The second kappa shape index (κ2) is 9.98. The van der Waals surface area contributed by atoms with Crippen LogP contribution in [0.3, 0.4) is 0 Å². The van der Waals surface area contributed by atoms with Crippen molar-refractivity contribution in [1.82, 2.24) is 9.80 Å². The lowest BCUT2D eigenvalue weighted by Gasteiger charge is -2.34. The van der Waals surface area contributed by atoms with Crippen LogP contribution in [0.25, 0.3) is 0 Å². The van der Waals surface area contributed by atoms with E-state index in [2.05, 4.69) is 17.0 Å². The number of hydrogen-bond acceptors (Lipinski definition) is 5. The smallest absolute Gasteiger partial charge is 0.264 e. The minimum absolute atomic E-state index is 0.119. The van der Waals surface area contributed by atoms with Crippen LogP contribution in [-0.4, -0.2) is 49.0 Å². The molecule has 2 aromatic carbocycles. The predicted molar refractivity (Wildman–Crippen MR) is 124 cm³/mol. The number of ether oxygens (including phenoxy) is 2. The molecule has 4 rings (SSSR count). The minimum Gasteiger partial charge on any atom is -0.497 e. The predicted octanol–water partition coefficient (Wildman–Crippen LogP) is 4.60. The molecule has 31 heavy (non-hydrogen) atoms. The number of aryl methyl sites for hydroxylation is 1. The van der Waals surface area contributed by atoms with Gasteiger partial charge in [-0.1, -0.05) is 30.3 Å². The van der Waals surface area contributed by atoms with Crippen LogP contribution in [0.2, 0.25) is 0 Å². The SMILES string of the molecule is COc1cccc(CN2CCN(C(=O)c3cc(COc4ccccc4C)cs3)CC2)c1. The molecule has 5 nitrogen and oxygen atoms in total. The molecule has 0 unspecified atom stereocenters. The van der Waals surface area contributed by atoms with Gasteiger partial charge in [-0.2, -0.15) is 0 Å². The molecule has 0 saturated carbocycles. The molecule has 1 fully saturated rings. The second-order valence-electron chi connectivity index (χ2n) is 7.79. The average Bonchev–Trinajstić information content (AvgIpc) is 3.28. The summed E-state index contributed by atoms with van der Waals surface area (Å²) in [5.74, 6) is 1.88. The zero-order chi connectivity index (χ0) is 21.6. The van der Waals surface area contributed by atoms with Gasteiger partial charge in [-0.25, -0.2) is 0 Å². The quantitative estimate of drug-likeness (QED) is 0.543. The molecule has 0 radical (unpaired) electrons. The van der Waals surface area contributed by atoms with Gasteiger partial charge in [0.05, 0.1) is 12.0 Å². The Morgan fingerprint density at radius 1 is 1.00 bits per heavy atom. The average molecular weight is 437 g/mol. The Morgan fingerprint density at radius 2 is 1.81 bits per heavy atom. The summed E-state index contributed by atoms with van der Waals surface area (Å²) in [5.41, 5.74) is 3.38. The van der Waals surface area contributed by atoms with Gasteiger partial charge < -0.3 is 14.4 Å². The molecule has 1 aliphatic heterocycles. The van der Waals surface area contributed by atoms with Crippen molar-refractivity contribution in [1.29, 1.82) is 0 Å². The summed E-state index contributed by atoms with van der Waals surface area (Å²) in [4.78, 5) is 18.1. The molecule has 0 spiro atoms. The second-order valence-corrected chi connectivity index (χ2v) is 8.70. The minimum atomic E-state index is 0.119. The van der Waals surface area contributed by atoms with Crippen LogP contribution in [0, 0.1) is 6.92 Å². The van der Waals surface area contributed by atoms with Crippen molar-refractivity contribution in [3.8, 4) is 11.5 Å². The van der Waals surface area contributed by atoms with Gasteiger partial charge in [0.2, 0.25) is 0 Å². The third-order valence-electron chi connectivity index (χ3n) is 5.55. The van der Waals surface area contributed by atoms with Gasteiger partial charge in [0, 0.05) is 38.3 Å². The van der Waals surface area contributed by atoms with Crippen LogP contribution in [-0.2, 0) is 13.2 Å². The van der Waals surface area contributed by atoms with Crippen molar-refractivity contribution in [3.05, 3.63) is 81.5 Å². The molecule has 1 saturated heterocycles. The van der Waals surface area contributed by atoms with Gasteiger partial charge in [0.1, 0.15) is 18.1 Å². The van der Waals surface area contributed by atoms with E-state index in [1.54, 1.807) is 7.11 Å². The molecule has 0 aliphatic carbocycles. The van der Waals surface area contributed by atoms with E-state index in [9.17, 15) is 4.79 Å². The molecule has 0 bridgehead atoms. The molecule has 3 aromatic rings. The van der Waals surface area contributed by atoms with E-state index in [1.807, 2.05) is 59.7 Å². The van der Waals surface area contributed by atoms with E-state index in [-0.39, 0.29) is 5.91 Å². The third-order valence-corrected chi connectivity index (χ3v) is 6.52. The highest BCUT2D eigenvalue weighted by molar-refractivity contribution is 7.12. The fourth-order valence-electron chi connectivity index (χ4n) is 3.74. The van der Waals surface area contributed by atoms with Gasteiger partial charge in [0.15, 0.2) is 0 Å². The first kappa shape index (κ1) is 21.4. The van der Waals surface area contributed by atoms with E-state index in [4.69, 9.17) is 9.47 Å². The highest BCUT2D eigenvalue weighted by Gasteiger charge is 2.23. The Hall–Kier alpha value is -2.83. The van der Waals surface area contributed by atoms with Crippen molar-refractivity contribution in [2.75, 3.05) is 33.3 Å². The van der Waals surface area contributed by atoms with Crippen molar-refractivity contribution in [3.63, 3.8) is 0 Å². The number of methoxy groups -OCH3 is 1. The molecule has 162 valence electrons. The van der Waals surface area contributed by atoms with E-state index in [0.29, 0.717) is 6.61 Å². The number of thiophene rings is 1. The zero-order valence-electron chi connectivity index (χ0n) is 18.0. The first-order valence-corrected chi connectivity index (χ1v) is 11.4. The number of piperazine rings is 1. The maximum Gasteiger partial charge on any atom is 0.264 e. The lowest BCUT2D eigenvalue weighted by molar-refractivity contribution is 0.0633. The summed E-state index contributed by atoms with van der Waals surface area (Å²) in [6, 6.07) is 18.1. The maximum atomic E-state index is 13.0. The molecular weight excluding hydrogens is 408 g/mol. The molecule has 1 aromatic heterocycles. The third kappa shape index (κ3) is 5.46. The number of hydrogen-bond donors (Lipinski definition) is 0. The van der Waals surface area contributed by atoms with Gasteiger partial charge in [-0.3, -0.25) is 9.69 Å². The van der Waals surface area contributed by atoms with Crippen LogP contribution >= 0.6 is 11.3 Å². The fraction of sp³-hybridized carbons (Fsp3) is 0.320. The highest BCUT2D eigenvalue weighted by Crippen LogP contribution is 2.22. The Labute approximate surface area is 187 Å². The zero-order valence-corrected chi connectivity index (χ0v) is 18.9. The molecule has 6 heteroatoms. The number of nitrogens with zero attached hydrogens (tertiary/aromatic N) is 2. The molecule has 2 heterocycles. The maximum absolute atomic E-state index is 13.0. The van der Waals surface area contributed by atoms with Crippen LogP contribution < -0.4 is 9.47 Å². The van der Waals surface area contributed by atoms with Crippen molar-refractivity contribution in [2.24, 2.45) is 0 Å². The van der Waals surface area contributed by atoms with Crippen LogP contribution in [0.1, 0.15) is 26.4 Å². The summed E-state index contributed by atoms with van der Waals surface area (Å²) in [6.07, 6.45) is 0. The summed E-state index contributed by atoms with van der Waals surface area (Å²) in [7, 11) is 1.69. The number of carbonyl (C=O) groups is 1. The van der Waals surface area contributed by atoms with E-state index < -0.39 is 0 Å². The lowest BCUT2D eigenvalue weighted by Crippen LogP contribution is -2.48. The normalized spacial score (nSPS) is 14.5. The Kier molecular flexibility index (Phi) is 6.89. The molecule has 0 atom stereocenters. The fourth-order valence-corrected chi connectivity index (χ4v) is 4.60. The summed E-state index contributed by atoms with van der Waals surface area (Å²) in [6.45, 7) is 6.62. The monoisotopic (exact) mass is 436 g/mol. The van der Waals surface area contributed by atoms with Gasteiger partial charge in [0.25, 0.3) is 5.91 Å². The number of carbonyl (C=O) groups excluding carboxylic acids is 1. The van der Waals surface area contributed by atoms with Crippen LogP contribution in [0.5, 0.6) is 11.5 Å². The van der Waals surface area contributed by atoms with Crippen molar-refractivity contribution >= 4 is 17.2 Å². The highest BCUT2D eigenvalue weighted by atomic mass is 32.1. The van der Waals surface area contributed by atoms with Crippen molar-refractivity contribution in [2.45, 2.75) is 20.1 Å². The van der Waals surface area contributed by atoms with Crippen LogP contribution in [0.4, 0.5) is 0 Å². The standard InChI is InChI=1S/C25H28N2O3S/c1-19-6-3-4-9-23(19)30-17-21-15-24(31-18-21)25(28)27-12-10-26(11-13-27)16-20-7-5-8-22(14-20)29-2/h3-9,14-15,18H,10-13,16-17H2,1-2H3. The Balaban J connectivity index is 1.28. The van der Waals surface area contributed by atoms with Gasteiger partial charge >= 0.3 is 0 Å². The first-order chi connectivity index (χ1) is 15.1. The van der Waals surface area contributed by atoms with E-state index >= 15 is 0 Å². The largest absolute Gasteiger partial charge is 0.497 e. The van der Waals surface area contributed by atoms with Crippen molar-refractivity contribution < 1.29 is 14.3 Å². The van der Waals surface area contributed by atoms with Crippen LogP contribution in [0.15, 0.2) is 60.0 Å². The molecule has 0 N–H and O–H groups in total. The summed E-state index contributed by atoms with van der Waals surface area (Å²) >= 11 is 1.50. The van der Waals surface area contributed by atoms with Gasteiger partial charge in [-0.05, 0) is 47.7 Å². The molecule has 1 amide bonds. The van der Waals surface area contributed by atoms with Gasteiger partial charge in [-0.15, -0.1) is 11.3 Å². The lowest BCUT2D eigenvalue weighted by atomic mass is 10.2. The number of para-hydroxylation sites is 1. The Bertz CT molecular complexity index is 1020.